The predicted molar refractivity (Wildman–Crippen MR) is 132 cm³/mol. The first-order valence-electron chi connectivity index (χ1n) is 12.1. The number of phenolic OH excluding ortho intramolecular Hbond substituents is 1. The Kier molecular flexibility index (Phi) is 6.57. The van der Waals surface area contributed by atoms with E-state index in [0.29, 0.717) is 35.9 Å². The lowest BCUT2D eigenvalue weighted by Gasteiger charge is -2.25. The van der Waals surface area contributed by atoms with E-state index in [1.165, 1.54) is 19.3 Å². The number of carbonyl (C=O) groups is 1. The van der Waals surface area contributed by atoms with Crippen LogP contribution < -0.4 is 4.74 Å². The molecule has 4 aromatic rings. The monoisotopic (exact) mass is 471 g/mol. The highest BCUT2D eigenvalue weighted by molar-refractivity contribution is 6.00. The number of nitrogens with one attached hydrogen (secondary N) is 1. The number of rotatable bonds is 10. The molecule has 2 aromatic carbocycles. The summed E-state index contributed by atoms with van der Waals surface area (Å²) in [5.74, 6) is 1.45. The summed E-state index contributed by atoms with van der Waals surface area (Å²) in [5, 5.41) is 17.8. The van der Waals surface area contributed by atoms with Gasteiger partial charge in [-0.2, -0.15) is 5.10 Å². The SMILES string of the molecule is CCCCCCOc1ccc(C2c3c(-c4ccccc4O)n[nH]c3C(=O)N2Cc2ccco2)cc1. The fourth-order valence-corrected chi connectivity index (χ4v) is 4.62. The third-order valence-electron chi connectivity index (χ3n) is 6.39. The van der Waals surface area contributed by atoms with Crippen molar-refractivity contribution in [1.29, 1.82) is 0 Å². The van der Waals surface area contributed by atoms with Gasteiger partial charge in [0.05, 0.1) is 25.5 Å². The van der Waals surface area contributed by atoms with Gasteiger partial charge in [-0.25, -0.2) is 0 Å². The van der Waals surface area contributed by atoms with Gasteiger partial charge in [-0.15, -0.1) is 0 Å². The first-order valence-corrected chi connectivity index (χ1v) is 12.1. The van der Waals surface area contributed by atoms with Crippen molar-refractivity contribution in [1.82, 2.24) is 15.1 Å². The molecule has 1 aliphatic heterocycles. The Labute approximate surface area is 204 Å². The van der Waals surface area contributed by atoms with Crippen LogP contribution in [0.2, 0.25) is 0 Å². The molecule has 0 radical (unpaired) electrons. The molecule has 1 unspecified atom stereocenters. The van der Waals surface area contributed by atoms with Crippen molar-refractivity contribution < 1.29 is 19.1 Å². The van der Waals surface area contributed by atoms with Crippen LogP contribution in [0.1, 0.15) is 66.0 Å². The summed E-state index contributed by atoms with van der Waals surface area (Å²) in [5.41, 5.74) is 3.25. The number of furan rings is 1. The molecule has 5 rings (SSSR count). The van der Waals surface area contributed by atoms with Crippen LogP contribution in [0.5, 0.6) is 11.5 Å². The Hall–Kier alpha value is -4.00. The largest absolute Gasteiger partial charge is 0.507 e. The fraction of sp³-hybridized carbons (Fsp3) is 0.286. The quantitative estimate of drug-likeness (QED) is 0.274. The average molecular weight is 472 g/mol. The van der Waals surface area contributed by atoms with Crippen molar-refractivity contribution in [2.24, 2.45) is 0 Å². The van der Waals surface area contributed by atoms with Gasteiger partial charge >= 0.3 is 0 Å². The predicted octanol–water partition coefficient (Wildman–Crippen LogP) is 6.08. The lowest BCUT2D eigenvalue weighted by Crippen LogP contribution is -2.28. The summed E-state index contributed by atoms with van der Waals surface area (Å²) in [7, 11) is 0. The number of carbonyl (C=O) groups excluding carboxylic acids is 1. The second-order valence-corrected chi connectivity index (χ2v) is 8.77. The third kappa shape index (κ3) is 4.54. The highest BCUT2D eigenvalue weighted by atomic mass is 16.5. The number of hydrogen-bond donors (Lipinski definition) is 2. The second kappa shape index (κ2) is 10.1. The maximum absolute atomic E-state index is 13.5. The lowest BCUT2D eigenvalue weighted by molar-refractivity contribution is 0.0717. The van der Waals surface area contributed by atoms with Gasteiger partial charge in [0.2, 0.25) is 0 Å². The van der Waals surface area contributed by atoms with E-state index in [2.05, 4.69) is 17.1 Å². The van der Waals surface area contributed by atoms with Crippen molar-refractivity contribution in [2.45, 2.75) is 45.2 Å². The summed E-state index contributed by atoms with van der Waals surface area (Å²) in [6.45, 7) is 3.20. The second-order valence-electron chi connectivity index (χ2n) is 8.77. The van der Waals surface area contributed by atoms with Gasteiger partial charge < -0.3 is 19.2 Å². The van der Waals surface area contributed by atoms with E-state index in [1.54, 1.807) is 29.4 Å². The molecule has 7 nitrogen and oxygen atoms in total. The van der Waals surface area contributed by atoms with Crippen molar-refractivity contribution in [3.8, 4) is 22.8 Å². The number of aromatic nitrogens is 2. The normalized spacial score (nSPS) is 14.9. The van der Waals surface area contributed by atoms with E-state index in [1.807, 2.05) is 42.5 Å². The topological polar surface area (TPSA) is 91.6 Å². The minimum Gasteiger partial charge on any atom is -0.507 e. The zero-order chi connectivity index (χ0) is 24.2. The number of nitrogens with zero attached hydrogens (tertiary/aromatic N) is 2. The molecule has 2 N–H and O–H groups in total. The van der Waals surface area contributed by atoms with E-state index in [4.69, 9.17) is 9.15 Å². The van der Waals surface area contributed by atoms with Crippen molar-refractivity contribution in [3.05, 3.63) is 89.5 Å². The number of hydrogen-bond acceptors (Lipinski definition) is 5. The van der Waals surface area contributed by atoms with E-state index in [9.17, 15) is 9.90 Å². The molecular weight excluding hydrogens is 442 g/mol. The van der Waals surface area contributed by atoms with Crippen LogP contribution in [0.3, 0.4) is 0 Å². The molecule has 1 atom stereocenters. The van der Waals surface area contributed by atoms with Crippen LogP contribution >= 0.6 is 0 Å². The molecule has 7 heteroatoms. The van der Waals surface area contributed by atoms with Crippen LogP contribution in [-0.4, -0.2) is 32.7 Å². The Morgan fingerprint density at radius 1 is 1.06 bits per heavy atom. The Morgan fingerprint density at radius 3 is 2.63 bits per heavy atom. The van der Waals surface area contributed by atoms with Gasteiger partial charge in [-0.05, 0) is 48.4 Å². The minimum atomic E-state index is -0.394. The van der Waals surface area contributed by atoms with Crippen LogP contribution in [-0.2, 0) is 6.54 Å². The minimum absolute atomic E-state index is 0.115. The molecule has 0 aliphatic carbocycles. The Morgan fingerprint density at radius 2 is 1.89 bits per heavy atom. The number of aromatic amines is 1. The van der Waals surface area contributed by atoms with E-state index < -0.39 is 6.04 Å². The molecule has 180 valence electrons. The summed E-state index contributed by atoms with van der Waals surface area (Å²) in [6.07, 6.45) is 6.22. The molecule has 0 bridgehead atoms. The van der Waals surface area contributed by atoms with Crippen molar-refractivity contribution in [3.63, 3.8) is 0 Å². The van der Waals surface area contributed by atoms with E-state index in [0.717, 1.165) is 23.3 Å². The third-order valence-corrected chi connectivity index (χ3v) is 6.39. The number of ether oxygens (including phenoxy) is 1. The number of fused-ring (bicyclic) bond motifs is 1. The van der Waals surface area contributed by atoms with Gasteiger partial charge in [-0.3, -0.25) is 9.89 Å². The standard InChI is InChI=1S/C28H29N3O4/c1-2-3-4-7-16-34-20-14-12-19(13-15-20)27-24-25(22-10-5-6-11-23(22)32)29-30-26(24)28(33)31(27)18-21-9-8-17-35-21/h5-6,8-15,17,27,32H,2-4,7,16,18H2,1H3,(H,29,30). The van der Waals surface area contributed by atoms with Crippen molar-refractivity contribution >= 4 is 5.91 Å². The first-order chi connectivity index (χ1) is 17.2. The maximum atomic E-state index is 13.5. The lowest BCUT2D eigenvalue weighted by atomic mass is 9.95. The molecule has 2 aromatic heterocycles. The summed E-state index contributed by atoms with van der Waals surface area (Å²) in [6, 6.07) is 18.2. The average Bonchev–Trinajstić information content (AvgIpc) is 3.60. The molecule has 35 heavy (non-hydrogen) atoms. The van der Waals surface area contributed by atoms with Crippen LogP contribution in [0, 0.1) is 0 Å². The van der Waals surface area contributed by atoms with Gasteiger partial charge in [0.15, 0.2) is 0 Å². The summed E-state index contributed by atoms with van der Waals surface area (Å²) in [4.78, 5) is 15.2. The fourth-order valence-electron chi connectivity index (χ4n) is 4.62. The van der Waals surface area contributed by atoms with Gasteiger partial charge in [0.1, 0.15) is 28.6 Å². The number of amides is 1. The highest BCUT2D eigenvalue weighted by Gasteiger charge is 2.42. The maximum Gasteiger partial charge on any atom is 0.273 e. The first kappa shape index (κ1) is 22.8. The molecule has 3 heterocycles. The molecule has 1 aliphatic rings. The molecule has 0 saturated heterocycles. The highest BCUT2D eigenvalue weighted by Crippen LogP contribution is 2.45. The smallest absolute Gasteiger partial charge is 0.273 e. The van der Waals surface area contributed by atoms with Crippen LogP contribution in [0.15, 0.2) is 71.3 Å². The summed E-state index contributed by atoms with van der Waals surface area (Å²) >= 11 is 0. The van der Waals surface area contributed by atoms with Crippen LogP contribution in [0.25, 0.3) is 11.3 Å². The molecule has 0 spiro atoms. The van der Waals surface area contributed by atoms with Gasteiger partial charge in [0.25, 0.3) is 5.91 Å². The molecule has 0 fully saturated rings. The number of H-pyrrole nitrogens is 1. The Bertz CT molecular complexity index is 1280. The van der Waals surface area contributed by atoms with E-state index in [-0.39, 0.29) is 11.7 Å². The number of benzene rings is 2. The number of phenols is 1. The van der Waals surface area contributed by atoms with Gasteiger partial charge in [0, 0.05) is 11.1 Å². The Balaban J connectivity index is 1.48. The van der Waals surface area contributed by atoms with Crippen LogP contribution in [0.4, 0.5) is 0 Å². The molecule has 0 saturated carbocycles. The zero-order valence-corrected chi connectivity index (χ0v) is 19.7. The number of aromatic hydroxyl groups is 1. The summed E-state index contributed by atoms with van der Waals surface area (Å²) < 4.78 is 11.5. The molecular formula is C28H29N3O4. The van der Waals surface area contributed by atoms with E-state index >= 15 is 0 Å². The molecule has 1 amide bonds. The van der Waals surface area contributed by atoms with Gasteiger partial charge in [-0.1, -0.05) is 50.5 Å². The number of unbranched alkanes of at least 4 members (excludes halogenated alkanes) is 3. The zero-order valence-electron chi connectivity index (χ0n) is 19.7. The number of para-hydroxylation sites is 1. The van der Waals surface area contributed by atoms with Crippen molar-refractivity contribution in [2.75, 3.05) is 6.61 Å².